The highest BCUT2D eigenvalue weighted by atomic mass is 127. The average Bonchev–Trinajstić information content (AvgIpc) is 1.93. The van der Waals surface area contributed by atoms with Crippen LogP contribution in [0.25, 0.3) is 0 Å². The molecule has 1 rings (SSSR count). The second kappa shape index (κ2) is 4.28. The zero-order valence-corrected chi connectivity index (χ0v) is 8.84. The fraction of sp³-hybridized carbons (Fsp3) is 0.875. The SMILES string of the molecule is CC(=O)O[C@H]1CCCC[C@@H]1I. The van der Waals surface area contributed by atoms with Crippen molar-refractivity contribution in [3.63, 3.8) is 0 Å². The van der Waals surface area contributed by atoms with Crippen LogP contribution in [0.15, 0.2) is 0 Å². The van der Waals surface area contributed by atoms with Gasteiger partial charge in [0, 0.05) is 10.8 Å². The van der Waals surface area contributed by atoms with Gasteiger partial charge in [-0.05, 0) is 19.3 Å². The van der Waals surface area contributed by atoms with E-state index in [-0.39, 0.29) is 12.1 Å². The average molecular weight is 268 g/mol. The third-order valence-electron chi connectivity index (χ3n) is 1.94. The Labute approximate surface area is 80.8 Å². The molecule has 0 bridgehead atoms. The first-order chi connectivity index (χ1) is 5.20. The minimum absolute atomic E-state index is 0.140. The van der Waals surface area contributed by atoms with Crippen molar-refractivity contribution >= 4 is 28.6 Å². The number of alkyl halides is 1. The zero-order chi connectivity index (χ0) is 8.27. The summed E-state index contributed by atoms with van der Waals surface area (Å²) in [6.07, 6.45) is 4.91. The van der Waals surface area contributed by atoms with Gasteiger partial charge < -0.3 is 4.74 Å². The summed E-state index contributed by atoms with van der Waals surface area (Å²) in [7, 11) is 0. The van der Waals surface area contributed by atoms with Crippen molar-refractivity contribution in [2.24, 2.45) is 0 Å². The molecule has 0 N–H and O–H groups in total. The zero-order valence-electron chi connectivity index (χ0n) is 6.68. The van der Waals surface area contributed by atoms with Gasteiger partial charge in [-0.2, -0.15) is 0 Å². The second-order valence-corrected chi connectivity index (χ2v) is 4.55. The number of rotatable bonds is 1. The molecule has 11 heavy (non-hydrogen) atoms. The fourth-order valence-electron chi connectivity index (χ4n) is 1.40. The summed E-state index contributed by atoms with van der Waals surface area (Å²) in [5.41, 5.74) is 0. The van der Waals surface area contributed by atoms with Crippen molar-refractivity contribution in [2.75, 3.05) is 0 Å². The van der Waals surface area contributed by atoms with Gasteiger partial charge in [0.1, 0.15) is 6.10 Å². The van der Waals surface area contributed by atoms with E-state index in [0.717, 1.165) is 6.42 Å². The van der Waals surface area contributed by atoms with Crippen molar-refractivity contribution in [3.8, 4) is 0 Å². The molecule has 0 heterocycles. The van der Waals surface area contributed by atoms with Crippen molar-refractivity contribution in [2.45, 2.75) is 42.6 Å². The van der Waals surface area contributed by atoms with E-state index in [1.54, 1.807) is 0 Å². The van der Waals surface area contributed by atoms with Crippen LogP contribution in [0.4, 0.5) is 0 Å². The van der Waals surface area contributed by atoms with E-state index in [0.29, 0.717) is 3.92 Å². The largest absolute Gasteiger partial charge is 0.461 e. The predicted molar refractivity (Wildman–Crippen MR) is 51.8 cm³/mol. The molecule has 2 nitrogen and oxygen atoms in total. The van der Waals surface area contributed by atoms with E-state index in [9.17, 15) is 4.79 Å². The first-order valence-electron chi connectivity index (χ1n) is 4.01. The highest BCUT2D eigenvalue weighted by Crippen LogP contribution is 2.27. The minimum Gasteiger partial charge on any atom is -0.461 e. The molecule has 1 aliphatic carbocycles. The summed E-state index contributed by atoms with van der Waals surface area (Å²) in [6, 6.07) is 0. The third-order valence-corrected chi connectivity index (χ3v) is 3.36. The molecular formula is C8H13IO2. The van der Waals surface area contributed by atoms with E-state index in [1.165, 1.54) is 26.2 Å². The summed E-state index contributed by atoms with van der Waals surface area (Å²) in [6.45, 7) is 1.48. The maximum absolute atomic E-state index is 10.6. The lowest BCUT2D eigenvalue weighted by molar-refractivity contribution is -0.147. The van der Waals surface area contributed by atoms with Crippen molar-refractivity contribution in [1.82, 2.24) is 0 Å². The molecule has 0 radical (unpaired) electrons. The third kappa shape index (κ3) is 2.97. The molecule has 64 valence electrons. The van der Waals surface area contributed by atoms with Crippen LogP contribution >= 0.6 is 22.6 Å². The second-order valence-electron chi connectivity index (χ2n) is 2.95. The Kier molecular flexibility index (Phi) is 3.62. The minimum atomic E-state index is -0.140. The molecule has 2 atom stereocenters. The smallest absolute Gasteiger partial charge is 0.302 e. The molecule has 1 fully saturated rings. The number of carbonyl (C=O) groups excluding carboxylic acids is 1. The van der Waals surface area contributed by atoms with Crippen LogP contribution in [0.5, 0.6) is 0 Å². The van der Waals surface area contributed by atoms with Crippen LogP contribution in [0, 0.1) is 0 Å². The number of ether oxygens (including phenoxy) is 1. The number of hydrogen-bond donors (Lipinski definition) is 0. The van der Waals surface area contributed by atoms with Crippen LogP contribution in [0.1, 0.15) is 32.6 Å². The van der Waals surface area contributed by atoms with E-state index in [2.05, 4.69) is 22.6 Å². The van der Waals surface area contributed by atoms with Gasteiger partial charge in [-0.1, -0.05) is 29.0 Å². The maximum Gasteiger partial charge on any atom is 0.302 e. The van der Waals surface area contributed by atoms with E-state index in [1.807, 2.05) is 0 Å². The molecule has 3 heteroatoms. The highest BCUT2D eigenvalue weighted by molar-refractivity contribution is 14.1. The molecule has 0 aromatic heterocycles. The molecule has 0 aromatic carbocycles. The molecular weight excluding hydrogens is 255 g/mol. The number of hydrogen-bond acceptors (Lipinski definition) is 2. The Morgan fingerprint density at radius 2 is 2.09 bits per heavy atom. The van der Waals surface area contributed by atoms with E-state index in [4.69, 9.17) is 4.74 Å². The molecule has 0 unspecified atom stereocenters. The van der Waals surface area contributed by atoms with Gasteiger partial charge in [0.15, 0.2) is 0 Å². The number of esters is 1. The van der Waals surface area contributed by atoms with Crippen LogP contribution < -0.4 is 0 Å². The summed E-state index contributed by atoms with van der Waals surface area (Å²) >= 11 is 2.37. The Balaban J connectivity index is 2.35. The number of halogens is 1. The van der Waals surface area contributed by atoms with Gasteiger partial charge in [-0.15, -0.1) is 0 Å². The van der Waals surface area contributed by atoms with Crippen LogP contribution in [0.2, 0.25) is 0 Å². The van der Waals surface area contributed by atoms with Crippen molar-refractivity contribution in [1.29, 1.82) is 0 Å². The Morgan fingerprint density at radius 1 is 1.45 bits per heavy atom. The van der Waals surface area contributed by atoms with Crippen LogP contribution in [-0.4, -0.2) is 16.0 Å². The quantitative estimate of drug-likeness (QED) is 0.414. The van der Waals surface area contributed by atoms with E-state index < -0.39 is 0 Å². The van der Waals surface area contributed by atoms with Gasteiger partial charge in [-0.25, -0.2) is 0 Å². The molecule has 0 saturated heterocycles. The molecule has 0 aliphatic heterocycles. The molecule has 0 amide bonds. The predicted octanol–water partition coefficient (Wildman–Crippen LogP) is 2.30. The Bertz CT molecular complexity index is 147. The summed E-state index contributed by atoms with van der Waals surface area (Å²) in [5, 5.41) is 0. The summed E-state index contributed by atoms with van der Waals surface area (Å²) < 4.78 is 5.69. The molecule has 1 saturated carbocycles. The normalized spacial score (nSPS) is 31.5. The van der Waals surface area contributed by atoms with Gasteiger partial charge in [0.05, 0.1) is 0 Å². The van der Waals surface area contributed by atoms with Gasteiger partial charge in [0.25, 0.3) is 0 Å². The Hall–Kier alpha value is 0.200. The standard InChI is InChI=1S/C8H13IO2/c1-6(10)11-8-5-3-2-4-7(8)9/h7-8H,2-5H2,1H3/t7-,8-/m0/s1. The maximum atomic E-state index is 10.6. The van der Waals surface area contributed by atoms with Crippen molar-refractivity contribution < 1.29 is 9.53 Å². The van der Waals surface area contributed by atoms with Crippen LogP contribution in [0.3, 0.4) is 0 Å². The topological polar surface area (TPSA) is 26.3 Å². The summed E-state index contributed by atoms with van der Waals surface area (Å²) in [4.78, 5) is 10.6. The lowest BCUT2D eigenvalue weighted by atomic mass is 9.98. The lowest BCUT2D eigenvalue weighted by Gasteiger charge is -2.26. The van der Waals surface area contributed by atoms with Gasteiger partial charge >= 0.3 is 5.97 Å². The highest BCUT2D eigenvalue weighted by Gasteiger charge is 2.24. The molecule has 0 aromatic rings. The monoisotopic (exact) mass is 268 g/mol. The van der Waals surface area contributed by atoms with Gasteiger partial charge in [-0.3, -0.25) is 4.79 Å². The van der Waals surface area contributed by atoms with Crippen molar-refractivity contribution in [3.05, 3.63) is 0 Å². The first-order valence-corrected chi connectivity index (χ1v) is 5.26. The van der Waals surface area contributed by atoms with Gasteiger partial charge in [0.2, 0.25) is 0 Å². The molecule has 0 spiro atoms. The Morgan fingerprint density at radius 3 is 2.64 bits per heavy atom. The first kappa shape index (κ1) is 9.29. The fourth-order valence-corrected chi connectivity index (χ4v) is 2.34. The molecule has 1 aliphatic rings. The number of carbonyl (C=O) groups is 1. The summed E-state index contributed by atoms with van der Waals surface area (Å²) in [5.74, 6) is -0.140. The van der Waals surface area contributed by atoms with Crippen LogP contribution in [-0.2, 0) is 9.53 Å². The lowest BCUT2D eigenvalue weighted by Crippen LogP contribution is -2.29. The van der Waals surface area contributed by atoms with E-state index >= 15 is 0 Å².